The minimum absolute atomic E-state index is 0.0905. The van der Waals surface area contributed by atoms with Crippen LogP contribution in [0.4, 0.5) is 10.3 Å². The highest BCUT2D eigenvalue weighted by Gasteiger charge is 2.29. The van der Waals surface area contributed by atoms with E-state index in [4.69, 9.17) is 9.72 Å². The molecular weight excluding hydrogens is 409 g/mol. The lowest BCUT2D eigenvalue weighted by Crippen LogP contribution is -2.50. The Morgan fingerprint density at radius 1 is 0.938 bits per heavy atom. The number of hydrogen-bond donors (Lipinski definition) is 0. The Labute approximate surface area is 184 Å². The van der Waals surface area contributed by atoms with Gasteiger partial charge in [0.15, 0.2) is 5.82 Å². The van der Waals surface area contributed by atoms with Gasteiger partial charge in [0.25, 0.3) is 0 Å². The maximum Gasteiger partial charge on any atom is 0.226 e. The van der Waals surface area contributed by atoms with Crippen molar-refractivity contribution in [2.45, 2.75) is 25.9 Å². The van der Waals surface area contributed by atoms with Gasteiger partial charge < -0.3 is 9.64 Å². The normalized spacial score (nSPS) is 18.7. The molecule has 8 nitrogen and oxygen atoms in total. The fraction of sp³-hybridized carbons (Fsp3) is 0.261. The van der Waals surface area contributed by atoms with Crippen LogP contribution in [0.1, 0.15) is 13.8 Å². The van der Waals surface area contributed by atoms with E-state index < -0.39 is 0 Å². The molecule has 2 aromatic carbocycles. The van der Waals surface area contributed by atoms with Gasteiger partial charge in [0.1, 0.15) is 5.82 Å². The second-order valence-electron chi connectivity index (χ2n) is 7.80. The van der Waals surface area contributed by atoms with Crippen LogP contribution < -0.4 is 4.90 Å². The Morgan fingerprint density at radius 2 is 1.66 bits per heavy atom. The maximum atomic E-state index is 14.9. The van der Waals surface area contributed by atoms with Gasteiger partial charge in [-0.05, 0) is 48.5 Å². The van der Waals surface area contributed by atoms with Gasteiger partial charge in [0.05, 0.1) is 42.2 Å². The maximum absolute atomic E-state index is 14.9. The van der Waals surface area contributed by atoms with Crippen molar-refractivity contribution in [1.29, 1.82) is 0 Å². The van der Waals surface area contributed by atoms with Crippen LogP contribution in [0.15, 0.2) is 60.8 Å². The molecule has 3 heterocycles. The molecule has 0 radical (unpaired) electrons. The number of aromatic nitrogens is 6. The Kier molecular flexibility index (Phi) is 5.32. The molecule has 5 rings (SSSR count). The second-order valence-corrected chi connectivity index (χ2v) is 7.80. The summed E-state index contributed by atoms with van der Waals surface area (Å²) >= 11 is 0. The number of rotatable bonds is 4. The zero-order valence-electron chi connectivity index (χ0n) is 17.8. The number of tetrazole rings is 1. The van der Waals surface area contributed by atoms with Gasteiger partial charge in [-0.25, -0.2) is 14.4 Å². The number of hydrogen-bond acceptors (Lipinski definition) is 7. The van der Waals surface area contributed by atoms with E-state index in [-0.39, 0.29) is 17.9 Å². The lowest BCUT2D eigenvalue weighted by atomic mass is 10.1. The van der Waals surface area contributed by atoms with Crippen molar-refractivity contribution >= 4 is 5.95 Å². The topological polar surface area (TPSA) is 81.9 Å². The quantitative estimate of drug-likeness (QED) is 0.489. The number of nitrogens with zero attached hydrogens (tertiary/aromatic N) is 7. The third-order valence-electron chi connectivity index (χ3n) is 5.51. The molecule has 0 unspecified atom stereocenters. The van der Waals surface area contributed by atoms with Crippen molar-refractivity contribution < 1.29 is 9.13 Å². The van der Waals surface area contributed by atoms with Crippen LogP contribution in [-0.2, 0) is 4.74 Å². The Morgan fingerprint density at radius 3 is 2.41 bits per heavy atom. The molecule has 0 bridgehead atoms. The second kappa shape index (κ2) is 8.43. The highest BCUT2D eigenvalue weighted by Crippen LogP contribution is 2.33. The molecule has 0 spiro atoms. The average Bonchev–Trinajstić information content (AvgIpc) is 3.30. The number of para-hydroxylation sites is 1. The van der Waals surface area contributed by atoms with Crippen LogP contribution in [0.2, 0.25) is 0 Å². The van der Waals surface area contributed by atoms with Crippen molar-refractivity contribution in [1.82, 2.24) is 30.2 Å². The summed E-state index contributed by atoms with van der Waals surface area (Å²) in [5.74, 6) is 0.582. The lowest BCUT2D eigenvalue weighted by Gasteiger charge is -2.38. The summed E-state index contributed by atoms with van der Waals surface area (Å²) < 4.78 is 22.1. The molecule has 1 fully saturated rings. The standard InChI is InChI=1S/C23H22FN7O/c1-15-13-32-14-16(2)30(15)23-25-12-19(21(26-23)18-10-6-7-11-20(18)24)22-27-28-29-31(22)17-8-4-3-5-9-17/h3-12,15-16H,13-14H2,1-2H3/t15-,16-/m1/s1. The van der Waals surface area contributed by atoms with Gasteiger partial charge in [-0.3, -0.25) is 0 Å². The van der Waals surface area contributed by atoms with Gasteiger partial charge in [-0.15, -0.1) is 5.10 Å². The molecule has 1 aliphatic rings. The first-order valence-electron chi connectivity index (χ1n) is 10.5. The first-order chi connectivity index (χ1) is 15.6. The molecule has 2 atom stereocenters. The molecule has 32 heavy (non-hydrogen) atoms. The van der Waals surface area contributed by atoms with Gasteiger partial charge in [-0.2, -0.15) is 4.68 Å². The first-order valence-corrected chi connectivity index (χ1v) is 10.5. The molecule has 1 saturated heterocycles. The monoisotopic (exact) mass is 431 g/mol. The summed E-state index contributed by atoms with van der Waals surface area (Å²) in [7, 11) is 0. The lowest BCUT2D eigenvalue weighted by molar-refractivity contribution is 0.0747. The molecule has 162 valence electrons. The zero-order valence-corrected chi connectivity index (χ0v) is 17.8. The molecule has 1 aliphatic heterocycles. The van der Waals surface area contributed by atoms with E-state index in [9.17, 15) is 4.39 Å². The minimum Gasteiger partial charge on any atom is -0.377 e. The Bertz CT molecular complexity index is 1220. The molecule has 0 N–H and O–H groups in total. The summed E-state index contributed by atoms with van der Waals surface area (Å²) in [6.07, 6.45) is 1.67. The van der Waals surface area contributed by atoms with Crippen molar-refractivity contribution in [2.75, 3.05) is 18.1 Å². The van der Waals surface area contributed by atoms with Crippen molar-refractivity contribution in [3.8, 4) is 28.3 Å². The summed E-state index contributed by atoms with van der Waals surface area (Å²) in [5, 5.41) is 12.2. The summed E-state index contributed by atoms with van der Waals surface area (Å²) in [6.45, 7) is 5.28. The largest absolute Gasteiger partial charge is 0.377 e. The van der Waals surface area contributed by atoms with Gasteiger partial charge in [0.2, 0.25) is 5.95 Å². The van der Waals surface area contributed by atoms with E-state index in [1.807, 2.05) is 30.3 Å². The Hall–Kier alpha value is -3.72. The van der Waals surface area contributed by atoms with E-state index in [0.717, 1.165) is 5.69 Å². The summed E-state index contributed by atoms with van der Waals surface area (Å²) in [6, 6.07) is 16.3. The number of anilines is 1. The van der Waals surface area contributed by atoms with Crippen LogP contribution in [-0.4, -0.2) is 55.5 Å². The molecule has 4 aromatic rings. The highest BCUT2D eigenvalue weighted by atomic mass is 19.1. The summed E-state index contributed by atoms with van der Waals surface area (Å²) in [4.78, 5) is 11.6. The Balaban J connectivity index is 1.69. The molecule has 0 amide bonds. The number of halogens is 1. The van der Waals surface area contributed by atoms with E-state index in [0.29, 0.717) is 41.8 Å². The van der Waals surface area contributed by atoms with Crippen LogP contribution in [0, 0.1) is 5.82 Å². The smallest absolute Gasteiger partial charge is 0.226 e. The molecular formula is C23H22FN7O. The van der Waals surface area contributed by atoms with Crippen molar-refractivity contribution in [2.24, 2.45) is 0 Å². The SMILES string of the molecule is C[C@@H]1COC[C@@H](C)N1c1ncc(-c2nnnn2-c2ccccc2)c(-c2ccccc2F)n1. The predicted molar refractivity (Wildman–Crippen MR) is 118 cm³/mol. The van der Waals surface area contributed by atoms with Gasteiger partial charge >= 0.3 is 0 Å². The van der Waals surface area contributed by atoms with Gasteiger partial charge in [0, 0.05) is 11.8 Å². The number of benzene rings is 2. The molecule has 9 heteroatoms. The zero-order chi connectivity index (χ0) is 22.1. The van der Waals surface area contributed by atoms with E-state index in [2.05, 4.69) is 39.3 Å². The third-order valence-corrected chi connectivity index (χ3v) is 5.51. The number of morpholine rings is 1. The average molecular weight is 431 g/mol. The van der Waals surface area contributed by atoms with Crippen LogP contribution in [0.3, 0.4) is 0 Å². The van der Waals surface area contributed by atoms with Crippen molar-refractivity contribution in [3.05, 3.63) is 66.6 Å². The summed E-state index contributed by atoms with van der Waals surface area (Å²) in [5.41, 5.74) is 2.13. The fourth-order valence-corrected chi connectivity index (χ4v) is 4.02. The van der Waals surface area contributed by atoms with Crippen LogP contribution in [0.5, 0.6) is 0 Å². The van der Waals surface area contributed by atoms with E-state index in [1.165, 1.54) is 6.07 Å². The molecule has 0 saturated carbocycles. The third kappa shape index (κ3) is 3.60. The van der Waals surface area contributed by atoms with E-state index >= 15 is 0 Å². The number of ether oxygens (including phenoxy) is 1. The molecule has 2 aromatic heterocycles. The van der Waals surface area contributed by atoms with Crippen molar-refractivity contribution in [3.63, 3.8) is 0 Å². The molecule has 0 aliphatic carbocycles. The minimum atomic E-state index is -0.375. The fourth-order valence-electron chi connectivity index (χ4n) is 4.02. The predicted octanol–water partition coefficient (Wildman–Crippen LogP) is 3.54. The van der Waals surface area contributed by atoms with Gasteiger partial charge in [-0.1, -0.05) is 30.3 Å². The first kappa shape index (κ1) is 20.2. The van der Waals surface area contributed by atoms with Crippen LogP contribution in [0.25, 0.3) is 28.3 Å². The van der Waals surface area contributed by atoms with E-state index in [1.54, 1.807) is 29.1 Å². The van der Waals surface area contributed by atoms with Crippen LogP contribution >= 0.6 is 0 Å². The highest BCUT2D eigenvalue weighted by molar-refractivity contribution is 5.78.